The van der Waals surface area contributed by atoms with Crippen LogP contribution in [0, 0.1) is 6.92 Å². The molecule has 0 aliphatic rings. The molecule has 0 aliphatic heterocycles. The van der Waals surface area contributed by atoms with Gasteiger partial charge in [0.2, 0.25) is 5.89 Å². The number of thiocarbonyl (C=S) groups is 1. The van der Waals surface area contributed by atoms with E-state index in [1.165, 1.54) is 0 Å². The zero-order valence-electron chi connectivity index (χ0n) is 16.8. The number of anilines is 1. The highest BCUT2D eigenvalue weighted by Gasteiger charge is 2.18. The SMILES string of the molecule is Cc1c(C(=O)NC(=S)Nc2ccc(-c3nc4cc(Cl)ccc4o3)cc2)oc2ccccc12. The first-order valence-electron chi connectivity index (χ1n) is 9.75. The summed E-state index contributed by atoms with van der Waals surface area (Å²) in [7, 11) is 0. The molecule has 32 heavy (non-hydrogen) atoms. The number of hydrogen-bond acceptors (Lipinski definition) is 5. The van der Waals surface area contributed by atoms with E-state index >= 15 is 0 Å². The van der Waals surface area contributed by atoms with Crippen LogP contribution in [0.4, 0.5) is 5.69 Å². The van der Waals surface area contributed by atoms with Crippen LogP contribution in [0.5, 0.6) is 0 Å². The third kappa shape index (κ3) is 3.84. The molecule has 0 unspecified atom stereocenters. The third-order valence-electron chi connectivity index (χ3n) is 5.02. The fraction of sp³-hybridized carbons (Fsp3) is 0.0417. The topological polar surface area (TPSA) is 80.3 Å². The van der Waals surface area contributed by atoms with Crippen LogP contribution in [0.2, 0.25) is 5.02 Å². The van der Waals surface area contributed by atoms with Crippen LogP contribution in [-0.4, -0.2) is 16.0 Å². The number of rotatable bonds is 3. The molecule has 5 aromatic rings. The monoisotopic (exact) mass is 461 g/mol. The summed E-state index contributed by atoms with van der Waals surface area (Å²) in [6, 6.07) is 20.1. The van der Waals surface area contributed by atoms with Gasteiger partial charge in [0, 0.05) is 27.2 Å². The highest BCUT2D eigenvalue weighted by atomic mass is 35.5. The Balaban J connectivity index is 1.28. The quantitative estimate of drug-likeness (QED) is 0.305. The van der Waals surface area contributed by atoms with E-state index in [0.29, 0.717) is 33.3 Å². The number of halogens is 1. The molecule has 158 valence electrons. The number of furan rings is 1. The second-order valence-electron chi connectivity index (χ2n) is 7.17. The minimum atomic E-state index is -0.405. The van der Waals surface area contributed by atoms with Crippen molar-refractivity contribution < 1.29 is 13.6 Å². The molecule has 6 nitrogen and oxygen atoms in total. The Bertz CT molecular complexity index is 1490. The van der Waals surface area contributed by atoms with Crippen LogP contribution in [0.25, 0.3) is 33.5 Å². The van der Waals surface area contributed by atoms with Crippen LogP contribution in [-0.2, 0) is 0 Å². The Morgan fingerprint density at radius 3 is 2.56 bits per heavy atom. The average molecular weight is 462 g/mol. The van der Waals surface area contributed by atoms with Crippen molar-refractivity contribution in [3.8, 4) is 11.5 Å². The van der Waals surface area contributed by atoms with Crippen molar-refractivity contribution in [3.05, 3.63) is 83.1 Å². The van der Waals surface area contributed by atoms with E-state index in [2.05, 4.69) is 15.6 Å². The Morgan fingerprint density at radius 1 is 1.00 bits per heavy atom. The lowest BCUT2D eigenvalue weighted by atomic mass is 10.1. The summed E-state index contributed by atoms with van der Waals surface area (Å²) in [4.78, 5) is 17.1. The molecule has 0 atom stereocenters. The van der Waals surface area contributed by atoms with E-state index in [4.69, 9.17) is 32.7 Å². The lowest BCUT2D eigenvalue weighted by molar-refractivity contribution is 0.0952. The Morgan fingerprint density at radius 2 is 1.78 bits per heavy atom. The van der Waals surface area contributed by atoms with Crippen molar-refractivity contribution in [2.75, 3.05) is 5.32 Å². The van der Waals surface area contributed by atoms with Crippen molar-refractivity contribution in [2.24, 2.45) is 0 Å². The molecule has 3 aromatic carbocycles. The highest BCUT2D eigenvalue weighted by Crippen LogP contribution is 2.27. The molecule has 2 aromatic heterocycles. The molecular weight excluding hydrogens is 446 g/mol. The predicted octanol–water partition coefficient (Wildman–Crippen LogP) is 6.33. The number of oxazole rings is 1. The lowest BCUT2D eigenvalue weighted by Gasteiger charge is -2.09. The van der Waals surface area contributed by atoms with E-state index in [1.807, 2.05) is 55.5 Å². The van der Waals surface area contributed by atoms with Gasteiger partial charge in [-0.25, -0.2) is 4.98 Å². The first-order valence-corrected chi connectivity index (χ1v) is 10.5. The van der Waals surface area contributed by atoms with Gasteiger partial charge in [0.1, 0.15) is 11.1 Å². The summed E-state index contributed by atoms with van der Waals surface area (Å²) in [5.41, 5.74) is 4.29. The molecule has 0 saturated heterocycles. The van der Waals surface area contributed by atoms with E-state index in [1.54, 1.807) is 18.2 Å². The molecule has 1 amide bonds. The first kappa shape index (κ1) is 20.2. The van der Waals surface area contributed by atoms with E-state index in [0.717, 1.165) is 16.5 Å². The van der Waals surface area contributed by atoms with E-state index in [9.17, 15) is 4.79 Å². The number of fused-ring (bicyclic) bond motifs is 2. The maximum atomic E-state index is 12.6. The minimum absolute atomic E-state index is 0.166. The fourth-order valence-electron chi connectivity index (χ4n) is 3.43. The Kier molecular flexibility index (Phi) is 5.13. The molecular formula is C24H16ClN3O3S. The number of benzene rings is 3. The number of aromatic nitrogens is 1. The van der Waals surface area contributed by atoms with E-state index in [-0.39, 0.29) is 10.9 Å². The lowest BCUT2D eigenvalue weighted by Crippen LogP contribution is -2.34. The van der Waals surface area contributed by atoms with Gasteiger partial charge in [-0.05, 0) is 67.7 Å². The van der Waals surface area contributed by atoms with Gasteiger partial charge in [-0.1, -0.05) is 29.8 Å². The number of nitrogens with one attached hydrogen (secondary N) is 2. The maximum absolute atomic E-state index is 12.6. The number of hydrogen-bond donors (Lipinski definition) is 2. The zero-order chi connectivity index (χ0) is 22.2. The molecule has 0 aliphatic carbocycles. The minimum Gasteiger partial charge on any atom is -0.451 e. The third-order valence-corrected chi connectivity index (χ3v) is 5.46. The van der Waals surface area contributed by atoms with Crippen molar-refractivity contribution in [2.45, 2.75) is 6.92 Å². The summed E-state index contributed by atoms with van der Waals surface area (Å²) in [5.74, 6) is 0.324. The van der Waals surface area contributed by atoms with Gasteiger partial charge in [-0.15, -0.1) is 0 Å². The average Bonchev–Trinajstić information content (AvgIpc) is 3.35. The second kappa shape index (κ2) is 8.11. The number of carbonyl (C=O) groups excluding carboxylic acids is 1. The molecule has 0 saturated carbocycles. The summed E-state index contributed by atoms with van der Waals surface area (Å²) >= 11 is 11.3. The van der Waals surface area contributed by atoms with Crippen molar-refractivity contribution in [1.82, 2.24) is 10.3 Å². The molecule has 0 fully saturated rings. The molecule has 2 heterocycles. The number of aryl methyl sites for hydroxylation is 1. The highest BCUT2D eigenvalue weighted by molar-refractivity contribution is 7.80. The summed E-state index contributed by atoms with van der Waals surface area (Å²) in [6.07, 6.45) is 0. The van der Waals surface area contributed by atoms with Gasteiger partial charge >= 0.3 is 0 Å². The number of amides is 1. The molecule has 0 radical (unpaired) electrons. The Hall–Kier alpha value is -3.68. The molecule has 5 rings (SSSR count). The largest absolute Gasteiger partial charge is 0.451 e. The second-order valence-corrected chi connectivity index (χ2v) is 8.01. The van der Waals surface area contributed by atoms with Crippen LogP contribution in [0.3, 0.4) is 0 Å². The maximum Gasteiger partial charge on any atom is 0.293 e. The van der Waals surface area contributed by atoms with Crippen molar-refractivity contribution in [3.63, 3.8) is 0 Å². The number of para-hydroxylation sites is 1. The van der Waals surface area contributed by atoms with Crippen molar-refractivity contribution >= 4 is 62.6 Å². The molecule has 8 heteroatoms. The van der Waals surface area contributed by atoms with E-state index < -0.39 is 5.91 Å². The predicted molar refractivity (Wildman–Crippen MR) is 129 cm³/mol. The first-order chi connectivity index (χ1) is 15.5. The number of nitrogens with zero attached hydrogens (tertiary/aromatic N) is 1. The smallest absolute Gasteiger partial charge is 0.293 e. The molecule has 0 bridgehead atoms. The van der Waals surface area contributed by atoms with Crippen LogP contribution in [0.15, 0.2) is 75.6 Å². The summed E-state index contributed by atoms with van der Waals surface area (Å²) in [6.45, 7) is 1.84. The van der Waals surface area contributed by atoms with Crippen molar-refractivity contribution in [1.29, 1.82) is 0 Å². The number of carbonyl (C=O) groups is 1. The molecule has 2 N–H and O–H groups in total. The van der Waals surface area contributed by atoms with Crippen LogP contribution < -0.4 is 10.6 Å². The van der Waals surface area contributed by atoms with Gasteiger partial charge in [-0.2, -0.15) is 0 Å². The molecule has 0 spiro atoms. The van der Waals surface area contributed by atoms with Crippen LogP contribution in [0.1, 0.15) is 16.1 Å². The van der Waals surface area contributed by atoms with Gasteiger partial charge in [0.25, 0.3) is 5.91 Å². The zero-order valence-corrected chi connectivity index (χ0v) is 18.4. The van der Waals surface area contributed by atoms with Gasteiger partial charge in [-0.3, -0.25) is 10.1 Å². The van der Waals surface area contributed by atoms with Crippen LogP contribution >= 0.6 is 23.8 Å². The summed E-state index contributed by atoms with van der Waals surface area (Å²) in [5, 5.41) is 7.32. The van der Waals surface area contributed by atoms with Gasteiger partial charge in [0.05, 0.1) is 0 Å². The normalized spacial score (nSPS) is 11.1. The van der Waals surface area contributed by atoms with Gasteiger partial charge in [0.15, 0.2) is 16.5 Å². The fourth-order valence-corrected chi connectivity index (χ4v) is 3.81. The van der Waals surface area contributed by atoms with Gasteiger partial charge < -0.3 is 14.2 Å². The summed E-state index contributed by atoms with van der Waals surface area (Å²) < 4.78 is 11.5. The standard InChI is InChI=1S/C24H16ClN3O3S/c1-13-17-4-2-3-5-19(17)30-21(13)22(29)28-24(32)26-16-9-6-14(7-10-16)23-27-18-12-15(25)8-11-20(18)31-23/h2-12H,1H3,(H2,26,28,29,32). The Labute approximate surface area is 193 Å².